The maximum absolute atomic E-state index is 13.1. The number of halogens is 1. The normalized spacial score (nSPS) is 25.3. The van der Waals surface area contributed by atoms with Crippen molar-refractivity contribution in [2.45, 2.75) is 50.2 Å². The fourth-order valence-corrected chi connectivity index (χ4v) is 3.74. The summed E-state index contributed by atoms with van der Waals surface area (Å²) in [5, 5.41) is 6.20. The number of benzene rings is 1. The topological polar surface area (TPSA) is 61.4 Å². The van der Waals surface area contributed by atoms with Gasteiger partial charge in [-0.15, -0.1) is 0 Å². The van der Waals surface area contributed by atoms with Crippen molar-refractivity contribution >= 4 is 11.8 Å². The molecule has 6 heteroatoms. The fourth-order valence-electron chi connectivity index (χ4n) is 3.74. The Balaban J connectivity index is 1.45. The zero-order valence-corrected chi connectivity index (χ0v) is 13.9. The number of hydrogen-bond acceptors (Lipinski definition) is 3. The van der Waals surface area contributed by atoms with Crippen LogP contribution in [0.5, 0.6) is 0 Å². The highest BCUT2D eigenvalue weighted by atomic mass is 19.1. The van der Waals surface area contributed by atoms with Crippen molar-refractivity contribution in [2.24, 2.45) is 0 Å². The lowest BCUT2D eigenvalue weighted by Crippen LogP contribution is -2.50. The molecule has 24 heavy (non-hydrogen) atoms. The van der Waals surface area contributed by atoms with E-state index in [-0.39, 0.29) is 36.6 Å². The molecule has 5 nitrogen and oxygen atoms in total. The van der Waals surface area contributed by atoms with E-state index in [9.17, 15) is 14.0 Å². The summed E-state index contributed by atoms with van der Waals surface area (Å²) < 4.78 is 13.1. The summed E-state index contributed by atoms with van der Waals surface area (Å²) in [4.78, 5) is 26.0. The van der Waals surface area contributed by atoms with Crippen LogP contribution in [0.2, 0.25) is 0 Å². The van der Waals surface area contributed by atoms with E-state index < -0.39 is 0 Å². The zero-order valence-electron chi connectivity index (χ0n) is 13.9. The fraction of sp³-hybridized carbons (Fsp3) is 0.556. The van der Waals surface area contributed by atoms with E-state index in [1.807, 2.05) is 7.05 Å². The minimum absolute atomic E-state index is 0.0100. The van der Waals surface area contributed by atoms with Gasteiger partial charge in [0.2, 0.25) is 11.8 Å². The van der Waals surface area contributed by atoms with Crippen LogP contribution in [-0.4, -0.2) is 48.4 Å². The molecular weight excluding hydrogens is 309 g/mol. The number of likely N-dealkylation sites (N-methyl/N-ethyl adjacent to an activating group) is 1. The van der Waals surface area contributed by atoms with Crippen LogP contribution in [0, 0.1) is 5.82 Å². The van der Waals surface area contributed by atoms with Crippen LogP contribution >= 0.6 is 0 Å². The first-order valence-corrected chi connectivity index (χ1v) is 8.54. The summed E-state index contributed by atoms with van der Waals surface area (Å²) in [7, 11) is 1.82. The summed E-state index contributed by atoms with van der Waals surface area (Å²) in [5.74, 6) is -0.710. The van der Waals surface area contributed by atoms with Crippen molar-refractivity contribution in [1.29, 1.82) is 0 Å². The van der Waals surface area contributed by atoms with Gasteiger partial charge in [0.15, 0.2) is 0 Å². The Morgan fingerprint density at radius 1 is 1.29 bits per heavy atom. The largest absolute Gasteiger partial charge is 0.347 e. The van der Waals surface area contributed by atoms with Crippen LogP contribution in [0.1, 0.15) is 31.2 Å². The predicted octanol–water partition coefficient (Wildman–Crippen LogP) is 1.23. The van der Waals surface area contributed by atoms with Crippen molar-refractivity contribution in [1.82, 2.24) is 15.5 Å². The van der Waals surface area contributed by atoms with E-state index >= 15 is 0 Å². The number of fused-ring (bicyclic) bond motifs is 2. The molecule has 2 heterocycles. The van der Waals surface area contributed by atoms with Gasteiger partial charge in [0, 0.05) is 25.2 Å². The number of amides is 2. The molecule has 2 bridgehead atoms. The third-order valence-corrected chi connectivity index (χ3v) is 5.08. The standard InChI is InChI=1S/C18H24FN3O2/c1-22(16-9-14-5-6-15(10-16)21-14)18(24)11-20-17(23)8-12-3-2-4-13(19)7-12/h2-4,7,14-16,21H,5-6,8-11H2,1H3,(H,20,23). The van der Waals surface area contributed by atoms with Crippen LogP contribution in [-0.2, 0) is 16.0 Å². The molecule has 2 unspecified atom stereocenters. The third kappa shape index (κ3) is 4.12. The van der Waals surface area contributed by atoms with Gasteiger partial charge >= 0.3 is 0 Å². The lowest BCUT2D eigenvalue weighted by molar-refractivity contribution is -0.134. The number of carbonyl (C=O) groups excluding carboxylic acids is 2. The Bertz CT molecular complexity index is 610. The van der Waals surface area contributed by atoms with E-state index in [1.54, 1.807) is 17.0 Å². The number of rotatable bonds is 5. The van der Waals surface area contributed by atoms with E-state index in [4.69, 9.17) is 0 Å². The smallest absolute Gasteiger partial charge is 0.241 e. The number of hydrogen-bond donors (Lipinski definition) is 2. The Hall–Kier alpha value is -1.95. The first kappa shape index (κ1) is 16.9. The molecule has 2 saturated heterocycles. The Morgan fingerprint density at radius 2 is 2.00 bits per heavy atom. The molecule has 2 aliphatic rings. The molecule has 3 rings (SSSR count). The van der Waals surface area contributed by atoms with Crippen LogP contribution < -0.4 is 10.6 Å². The van der Waals surface area contributed by atoms with Crippen molar-refractivity contribution in [3.8, 4) is 0 Å². The number of nitrogens with one attached hydrogen (secondary N) is 2. The molecule has 2 fully saturated rings. The van der Waals surface area contributed by atoms with Crippen molar-refractivity contribution < 1.29 is 14.0 Å². The molecular formula is C18H24FN3O2. The minimum Gasteiger partial charge on any atom is -0.347 e. The van der Waals surface area contributed by atoms with Crippen LogP contribution in [0.15, 0.2) is 24.3 Å². The quantitative estimate of drug-likeness (QED) is 0.852. The molecule has 0 aliphatic carbocycles. The minimum atomic E-state index is -0.364. The van der Waals surface area contributed by atoms with Crippen molar-refractivity contribution in [3.05, 3.63) is 35.6 Å². The second-order valence-electron chi connectivity index (χ2n) is 6.85. The maximum atomic E-state index is 13.1. The van der Waals surface area contributed by atoms with Gasteiger partial charge in [0.05, 0.1) is 13.0 Å². The molecule has 2 aliphatic heterocycles. The Labute approximate surface area is 141 Å². The van der Waals surface area contributed by atoms with Gasteiger partial charge in [-0.3, -0.25) is 9.59 Å². The zero-order chi connectivity index (χ0) is 17.1. The van der Waals surface area contributed by atoms with Gasteiger partial charge in [-0.2, -0.15) is 0 Å². The van der Waals surface area contributed by atoms with E-state index in [1.165, 1.54) is 25.0 Å². The molecule has 1 aromatic rings. The summed E-state index contributed by atoms with van der Waals surface area (Å²) in [6, 6.07) is 7.23. The highest BCUT2D eigenvalue weighted by molar-refractivity contribution is 5.85. The summed E-state index contributed by atoms with van der Waals surface area (Å²) in [6.07, 6.45) is 4.42. The molecule has 2 atom stereocenters. The molecule has 0 aromatic heterocycles. The van der Waals surface area contributed by atoms with Gasteiger partial charge in [-0.25, -0.2) is 4.39 Å². The first-order chi connectivity index (χ1) is 11.5. The molecule has 1 aromatic carbocycles. The van der Waals surface area contributed by atoms with Crippen molar-refractivity contribution in [3.63, 3.8) is 0 Å². The Morgan fingerprint density at radius 3 is 2.67 bits per heavy atom. The van der Waals surface area contributed by atoms with E-state index in [0.29, 0.717) is 17.6 Å². The van der Waals surface area contributed by atoms with Gasteiger partial charge in [-0.05, 0) is 43.4 Å². The predicted molar refractivity (Wildman–Crippen MR) is 88.9 cm³/mol. The van der Waals surface area contributed by atoms with Crippen molar-refractivity contribution in [2.75, 3.05) is 13.6 Å². The molecule has 0 radical (unpaired) electrons. The number of piperidine rings is 1. The number of nitrogens with zero attached hydrogens (tertiary/aromatic N) is 1. The summed E-state index contributed by atoms with van der Waals surface area (Å²) >= 11 is 0. The highest BCUT2D eigenvalue weighted by Crippen LogP contribution is 2.29. The molecule has 0 saturated carbocycles. The molecule has 130 valence electrons. The molecule has 2 N–H and O–H groups in total. The third-order valence-electron chi connectivity index (χ3n) is 5.08. The van der Waals surface area contributed by atoms with E-state index in [2.05, 4.69) is 10.6 Å². The van der Waals surface area contributed by atoms with Gasteiger partial charge < -0.3 is 15.5 Å². The number of carbonyl (C=O) groups is 2. The van der Waals surface area contributed by atoms with Crippen LogP contribution in [0.4, 0.5) is 4.39 Å². The second-order valence-corrected chi connectivity index (χ2v) is 6.85. The molecule has 2 amide bonds. The van der Waals surface area contributed by atoms with Gasteiger partial charge in [0.25, 0.3) is 0 Å². The maximum Gasteiger partial charge on any atom is 0.241 e. The summed E-state index contributed by atoms with van der Waals surface area (Å²) in [5.41, 5.74) is 0.600. The average Bonchev–Trinajstić information content (AvgIpc) is 2.90. The average molecular weight is 333 g/mol. The lowest BCUT2D eigenvalue weighted by Gasteiger charge is -2.35. The monoisotopic (exact) mass is 333 g/mol. The van der Waals surface area contributed by atoms with Gasteiger partial charge in [0.1, 0.15) is 5.82 Å². The summed E-state index contributed by atoms with van der Waals surface area (Å²) in [6.45, 7) is -0.0100. The lowest BCUT2D eigenvalue weighted by atomic mass is 9.98. The Kier molecular flexibility index (Phi) is 5.14. The van der Waals surface area contributed by atoms with E-state index in [0.717, 1.165) is 12.8 Å². The second kappa shape index (κ2) is 7.30. The van der Waals surface area contributed by atoms with Crippen LogP contribution in [0.3, 0.4) is 0 Å². The first-order valence-electron chi connectivity index (χ1n) is 8.54. The SMILES string of the molecule is CN(C(=O)CNC(=O)Cc1cccc(F)c1)C1CC2CCC(C1)N2. The molecule has 0 spiro atoms. The van der Waals surface area contributed by atoms with Crippen LogP contribution in [0.25, 0.3) is 0 Å². The van der Waals surface area contributed by atoms with Gasteiger partial charge in [-0.1, -0.05) is 12.1 Å². The highest BCUT2D eigenvalue weighted by Gasteiger charge is 2.36.